The van der Waals surface area contributed by atoms with Crippen LogP contribution in [0.15, 0.2) is 18.2 Å². The second-order valence-electron chi connectivity index (χ2n) is 5.04. The van der Waals surface area contributed by atoms with Gasteiger partial charge in [0.1, 0.15) is 0 Å². The second-order valence-corrected chi connectivity index (χ2v) is 5.43. The van der Waals surface area contributed by atoms with Gasteiger partial charge in [0.05, 0.1) is 11.0 Å². The molecule has 1 atom stereocenters. The van der Waals surface area contributed by atoms with E-state index in [1.165, 1.54) is 11.1 Å². The van der Waals surface area contributed by atoms with Crippen molar-refractivity contribution in [2.24, 2.45) is 5.92 Å². The van der Waals surface area contributed by atoms with Crippen LogP contribution in [0.25, 0.3) is 11.0 Å². The first-order chi connectivity index (χ1) is 8.04. The minimum atomic E-state index is 0.470. The molecule has 3 heteroatoms. The lowest BCUT2D eigenvalue weighted by atomic mass is 10.0. The van der Waals surface area contributed by atoms with Gasteiger partial charge in [-0.05, 0) is 49.2 Å². The summed E-state index contributed by atoms with van der Waals surface area (Å²) < 4.78 is 3.12. The third kappa shape index (κ3) is 2.16. The summed E-state index contributed by atoms with van der Waals surface area (Å²) in [5.41, 5.74) is 3.65. The molecule has 0 amide bonds. The monoisotopic (exact) mass is 248 g/mol. The van der Waals surface area contributed by atoms with Gasteiger partial charge in [-0.15, -0.1) is 0 Å². The highest BCUT2D eigenvalue weighted by molar-refractivity contribution is 7.71. The van der Waals surface area contributed by atoms with E-state index in [9.17, 15) is 0 Å². The fourth-order valence-electron chi connectivity index (χ4n) is 2.51. The number of aromatic amines is 1. The van der Waals surface area contributed by atoms with Crippen molar-refractivity contribution in [2.75, 3.05) is 0 Å². The molecule has 0 saturated carbocycles. The SMILES string of the molecule is CCC(C(C)C)n1c(=S)[nH]c2ccc(C)cc21. The quantitative estimate of drug-likeness (QED) is 0.786. The highest BCUT2D eigenvalue weighted by Crippen LogP contribution is 2.27. The van der Waals surface area contributed by atoms with Gasteiger partial charge in [-0.1, -0.05) is 26.8 Å². The molecule has 0 fully saturated rings. The summed E-state index contributed by atoms with van der Waals surface area (Å²) in [6.07, 6.45) is 1.10. The largest absolute Gasteiger partial charge is 0.331 e. The molecule has 0 radical (unpaired) electrons. The van der Waals surface area contributed by atoms with Crippen LogP contribution >= 0.6 is 12.2 Å². The van der Waals surface area contributed by atoms with Crippen LogP contribution in [-0.4, -0.2) is 9.55 Å². The molecule has 0 aliphatic rings. The van der Waals surface area contributed by atoms with Crippen molar-refractivity contribution in [1.82, 2.24) is 9.55 Å². The molecule has 2 aromatic rings. The Kier molecular flexibility index (Phi) is 3.38. The first-order valence-electron chi connectivity index (χ1n) is 6.25. The van der Waals surface area contributed by atoms with Crippen molar-refractivity contribution < 1.29 is 0 Å². The van der Waals surface area contributed by atoms with Crippen LogP contribution < -0.4 is 0 Å². The number of rotatable bonds is 3. The molecule has 2 nitrogen and oxygen atoms in total. The number of benzene rings is 1. The minimum absolute atomic E-state index is 0.470. The summed E-state index contributed by atoms with van der Waals surface area (Å²) in [5.74, 6) is 0.589. The van der Waals surface area contributed by atoms with Gasteiger partial charge in [-0.2, -0.15) is 0 Å². The maximum Gasteiger partial charge on any atom is 0.178 e. The summed E-state index contributed by atoms with van der Waals surface area (Å²) in [5, 5.41) is 0. The van der Waals surface area contributed by atoms with Crippen molar-refractivity contribution in [3.05, 3.63) is 28.5 Å². The molecule has 92 valence electrons. The number of hydrogen-bond acceptors (Lipinski definition) is 1. The maximum atomic E-state index is 5.47. The first-order valence-corrected chi connectivity index (χ1v) is 6.66. The van der Waals surface area contributed by atoms with Gasteiger partial charge in [0.25, 0.3) is 0 Å². The number of fused-ring (bicyclic) bond motifs is 1. The molecule has 1 aromatic heterocycles. The standard InChI is InChI=1S/C14H20N2S/c1-5-12(9(2)3)16-13-8-10(4)6-7-11(13)15-14(16)17/h6-9,12H,5H2,1-4H3,(H,15,17). The Morgan fingerprint density at radius 1 is 1.35 bits per heavy atom. The van der Waals surface area contributed by atoms with Crippen molar-refractivity contribution in [2.45, 2.75) is 40.2 Å². The number of hydrogen-bond donors (Lipinski definition) is 1. The summed E-state index contributed by atoms with van der Waals surface area (Å²) in [6, 6.07) is 6.92. The first kappa shape index (κ1) is 12.4. The topological polar surface area (TPSA) is 20.7 Å². The summed E-state index contributed by atoms with van der Waals surface area (Å²) in [4.78, 5) is 3.30. The highest BCUT2D eigenvalue weighted by atomic mass is 32.1. The zero-order valence-corrected chi connectivity index (χ0v) is 11.8. The maximum absolute atomic E-state index is 5.47. The summed E-state index contributed by atoms with van der Waals surface area (Å²) >= 11 is 5.47. The summed E-state index contributed by atoms with van der Waals surface area (Å²) in [6.45, 7) is 8.85. The Morgan fingerprint density at radius 3 is 2.65 bits per heavy atom. The molecule has 0 aliphatic heterocycles. The van der Waals surface area contributed by atoms with E-state index in [0.29, 0.717) is 12.0 Å². The molecule has 1 heterocycles. The summed E-state index contributed by atoms with van der Waals surface area (Å²) in [7, 11) is 0. The van der Waals surface area contributed by atoms with Crippen molar-refractivity contribution in [3.8, 4) is 0 Å². The normalized spacial score (nSPS) is 13.5. The van der Waals surface area contributed by atoms with E-state index >= 15 is 0 Å². The molecular weight excluding hydrogens is 228 g/mol. The van der Waals surface area contributed by atoms with Crippen molar-refractivity contribution in [3.63, 3.8) is 0 Å². The van der Waals surface area contributed by atoms with Crippen molar-refractivity contribution in [1.29, 1.82) is 0 Å². The Balaban J connectivity index is 2.70. The number of nitrogens with zero attached hydrogens (tertiary/aromatic N) is 1. The van der Waals surface area contributed by atoms with Crippen LogP contribution in [0.5, 0.6) is 0 Å². The van der Waals surface area contributed by atoms with Gasteiger partial charge < -0.3 is 9.55 Å². The lowest BCUT2D eigenvalue weighted by molar-refractivity contribution is 0.370. The fourth-order valence-corrected chi connectivity index (χ4v) is 2.86. The Bertz CT molecular complexity index is 577. The second kappa shape index (κ2) is 4.65. The third-order valence-electron chi connectivity index (χ3n) is 3.39. The average Bonchev–Trinajstić information content (AvgIpc) is 2.56. The lowest BCUT2D eigenvalue weighted by Gasteiger charge is -2.21. The predicted octanol–water partition coefficient (Wildman–Crippen LogP) is 4.61. The molecule has 0 bridgehead atoms. The van der Waals surface area contributed by atoms with E-state index in [4.69, 9.17) is 12.2 Å². The van der Waals surface area contributed by atoms with Gasteiger partial charge >= 0.3 is 0 Å². The number of H-pyrrole nitrogens is 1. The van der Waals surface area contributed by atoms with E-state index in [-0.39, 0.29) is 0 Å². The zero-order chi connectivity index (χ0) is 12.6. The minimum Gasteiger partial charge on any atom is -0.331 e. The van der Waals surface area contributed by atoms with E-state index in [0.717, 1.165) is 16.7 Å². The van der Waals surface area contributed by atoms with E-state index in [1.807, 2.05) is 0 Å². The highest BCUT2D eigenvalue weighted by Gasteiger charge is 2.17. The van der Waals surface area contributed by atoms with Crippen LogP contribution in [0.1, 0.15) is 38.8 Å². The van der Waals surface area contributed by atoms with Gasteiger partial charge in [0.2, 0.25) is 0 Å². The third-order valence-corrected chi connectivity index (χ3v) is 3.69. The average molecular weight is 248 g/mol. The molecule has 0 spiro atoms. The van der Waals surface area contributed by atoms with Crippen LogP contribution in [0, 0.1) is 17.6 Å². The predicted molar refractivity (Wildman–Crippen MR) is 76.0 cm³/mol. The molecule has 0 aliphatic carbocycles. The van der Waals surface area contributed by atoms with E-state index in [1.54, 1.807) is 0 Å². The number of imidazole rings is 1. The van der Waals surface area contributed by atoms with Gasteiger partial charge in [-0.3, -0.25) is 0 Å². The van der Waals surface area contributed by atoms with Crippen LogP contribution in [0.3, 0.4) is 0 Å². The van der Waals surface area contributed by atoms with Crippen LogP contribution in [-0.2, 0) is 0 Å². The zero-order valence-electron chi connectivity index (χ0n) is 10.9. The van der Waals surface area contributed by atoms with Gasteiger partial charge in [-0.25, -0.2) is 0 Å². The fraction of sp³-hybridized carbons (Fsp3) is 0.500. The molecule has 1 aromatic carbocycles. The van der Waals surface area contributed by atoms with Crippen LogP contribution in [0.2, 0.25) is 0 Å². The number of nitrogens with one attached hydrogen (secondary N) is 1. The van der Waals surface area contributed by atoms with Gasteiger partial charge in [0, 0.05) is 6.04 Å². The molecule has 17 heavy (non-hydrogen) atoms. The molecular formula is C14H20N2S. The molecule has 0 saturated heterocycles. The van der Waals surface area contributed by atoms with Gasteiger partial charge in [0.15, 0.2) is 4.77 Å². The van der Waals surface area contributed by atoms with Crippen molar-refractivity contribution >= 4 is 23.3 Å². The Labute approximate surface area is 108 Å². The Morgan fingerprint density at radius 2 is 2.06 bits per heavy atom. The molecule has 1 unspecified atom stereocenters. The number of aromatic nitrogens is 2. The number of aryl methyl sites for hydroxylation is 1. The smallest absolute Gasteiger partial charge is 0.178 e. The molecule has 1 N–H and O–H groups in total. The van der Waals surface area contributed by atoms with E-state index < -0.39 is 0 Å². The van der Waals surface area contributed by atoms with Crippen LogP contribution in [0.4, 0.5) is 0 Å². The lowest BCUT2D eigenvalue weighted by Crippen LogP contribution is -2.14. The van der Waals surface area contributed by atoms with E-state index in [2.05, 4.69) is 55.4 Å². The Hall–Kier alpha value is -1.09. The molecule has 2 rings (SSSR count).